The van der Waals surface area contributed by atoms with Crippen LogP contribution < -0.4 is 0 Å². The van der Waals surface area contributed by atoms with Crippen molar-refractivity contribution in [2.45, 2.75) is 11.8 Å². The summed E-state index contributed by atoms with van der Waals surface area (Å²) in [6.45, 7) is 0. The van der Waals surface area contributed by atoms with Crippen molar-refractivity contribution in [1.29, 1.82) is 0 Å². The van der Waals surface area contributed by atoms with Gasteiger partial charge in [-0.05, 0) is 33.9 Å². The van der Waals surface area contributed by atoms with Crippen molar-refractivity contribution in [2.24, 2.45) is 16.9 Å². The topological polar surface area (TPSA) is 49.7 Å². The predicted molar refractivity (Wildman–Crippen MR) is 119 cm³/mol. The van der Waals surface area contributed by atoms with Crippen LogP contribution >= 0.6 is 0 Å². The molecule has 2 bridgehead atoms. The molecule has 31 heavy (non-hydrogen) atoms. The van der Waals surface area contributed by atoms with Crippen molar-refractivity contribution in [3.05, 3.63) is 113 Å². The molecule has 1 saturated heterocycles. The SMILES string of the molecule is O=C1[C@@H]2C3c4ccccc4C(c4ccccc43)[C@@H]2C(=O)N1/N=C\C=C\c1ccccc1. The van der Waals surface area contributed by atoms with E-state index in [2.05, 4.69) is 29.4 Å². The molecule has 0 N–H and O–H groups in total. The Morgan fingerprint density at radius 2 is 1.10 bits per heavy atom. The van der Waals surface area contributed by atoms with Crippen molar-refractivity contribution in [1.82, 2.24) is 5.01 Å². The van der Waals surface area contributed by atoms with E-state index in [9.17, 15) is 9.59 Å². The lowest BCUT2D eigenvalue weighted by molar-refractivity contribution is -0.139. The first-order valence-corrected chi connectivity index (χ1v) is 10.6. The summed E-state index contributed by atoms with van der Waals surface area (Å²) in [4.78, 5) is 26.8. The van der Waals surface area contributed by atoms with E-state index in [1.807, 2.05) is 60.7 Å². The molecule has 3 aliphatic carbocycles. The molecule has 1 aliphatic heterocycles. The number of hydrogen-bond donors (Lipinski definition) is 0. The number of carbonyl (C=O) groups is 2. The van der Waals surface area contributed by atoms with E-state index in [1.165, 1.54) is 28.5 Å². The molecule has 0 saturated carbocycles. The smallest absolute Gasteiger partial charge is 0.254 e. The van der Waals surface area contributed by atoms with Gasteiger partial charge in [-0.1, -0.05) is 84.9 Å². The molecule has 2 amide bonds. The van der Waals surface area contributed by atoms with Crippen LogP contribution in [0.2, 0.25) is 0 Å². The van der Waals surface area contributed by atoms with Crippen molar-refractivity contribution in [3.63, 3.8) is 0 Å². The normalized spacial score (nSPS) is 25.9. The Kier molecular flexibility index (Phi) is 4.00. The lowest BCUT2D eigenvalue weighted by Gasteiger charge is -2.45. The van der Waals surface area contributed by atoms with Gasteiger partial charge >= 0.3 is 0 Å². The van der Waals surface area contributed by atoms with Gasteiger partial charge in [-0.15, -0.1) is 0 Å². The largest absolute Gasteiger partial charge is 0.272 e. The molecular weight excluding hydrogens is 384 g/mol. The Morgan fingerprint density at radius 3 is 1.58 bits per heavy atom. The number of nitrogens with zero attached hydrogens (tertiary/aromatic N) is 2. The van der Waals surface area contributed by atoms with E-state index in [0.717, 1.165) is 10.6 Å². The maximum atomic E-state index is 13.4. The van der Waals surface area contributed by atoms with E-state index in [4.69, 9.17) is 0 Å². The predicted octanol–water partition coefficient (Wildman–Crippen LogP) is 4.58. The van der Waals surface area contributed by atoms with Crippen molar-refractivity contribution in [3.8, 4) is 0 Å². The second kappa shape index (κ2) is 6.88. The number of allylic oxidation sites excluding steroid dienone is 1. The van der Waals surface area contributed by atoms with Gasteiger partial charge in [-0.25, -0.2) is 0 Å². The van der Waals surface area contributed by atoms with Gasteiger partial charge < -0.3 is 0 Å². The molecule has 3 aromatic rings. The molecule has 3 aromatic carbocycles. The van der Waals surface area contributed by atoms with Gasteiger partial charge in [0.15, 0.2) is 0 Å². The zero-order valence-electron chi connectivity index (χ0n) is 16.8. The van der Waals surface area contributed by atoms with Gasteiger partial charge in [0.1, 0.15) is 0 Å². The molecule has 0 aromatic heterocycles. The average Bonchev–Trinajstić information content (AvgIpc) is 3.08. The van der Waals surface area contributed by atoms with Gasteiger partial charge in [-0.3, -0.25) is 9.59 Å². The van der Waals surface area contributed by atoms with Gasteiger partial charge in [-0.2, -0.15) is 10.1 Å². The van der Waals surface area contributed by atoms with E-state index in [0.29, 0.717) is 0 Å². The maximum Gasteiger partial charge on any atom is 0.254 e. The van der Waals surface area contributed by atoms with Crippen molar-refractivity contribution < 1.29 is 9.59 Å². The number of imide groups is 1. The zero-order chi connectivity index (χ0) is 20.9. The molecule has 0 unspecified atom stereocenters. The van der Waals surface area contributed by atoms with Crippen LogP contribution in [-0.2, 0) is 9.59 Å². The van der Waals surface area contributed by atoms with Crippen LogP contribution in [0.25, 0.3) is 6.08 Å². The maximum absolute atomic E-state index is 13.4. The highest BCUT2D eigenvalue weighted by Crippen LogP contribution is 2.60. The fraction of sp³-hybridized carbons (Fsp3) is 0.148. The number of hydrazone groups is 1. The first-order valence-electron chi connectivity index (χ1n) is 10.6. The van der Waals surface area contributed by atoms with Crippen molar-refractivity contribution >= 4 is 24.1 Å². The summed E-state index contributed by atoms with van der Waals surface area (Å²) in [6, 6.07) is 26.3. The van der Waals surface area contributed by atoms with Gasteiger partial charge in [0.2, 0.25) is 0 Å². The highest BCUT2D eigenvalue weighted by Gasteiger charge is 2.61. The Morgan fingerprint density at radius 1 is 0.645 bits per heavy atom. The fourth-order valence-electron chi connectivity index (χ4n) is 5.60. The number of hydrogen-bond acceptors (Lipinski definition) is 3. The minimum Gasteiger partial charge on any atom is -0.272 e. The molecule has 150 valence electrons. The van der Waals surface area contributed by atoms with Crippen LogP contribution in [0.15, 0.2) is 90.0 Å². The average molecular weight is 404 g/mol. The van der Waals surface area contributed by atoms with Gasteiger partial charge in [0.05, 0.1) is 11.8 Å². The Hall–Kier alpha value is -3.79. The third kappa shape index (κ3) is 2.58. The molecule has 1 heterocycles. The lowest BCUT2D eigenvalue weighted by Crippen LogP contribution is -2.41. The lowest BCUT2D eigenvalue weighted by atomic mass is 9.55. The molecular formula is C27H20N2O2. The second-order valence-electron chi connectivity index (χ2n) is 8.29. The van der Waals surface area contributed by atoms with Gasteiger partial charge in [0, 0.05) is 18.1 Å². The molecule has 7 rings (SSSR count). The molecule has 4 nitrogen and oxygen atoms in total. The minimum atomic E-state index is -0.391. The summed E-state index contributed by atoms with van der Waals surface area (Å²) < 4.78 is 0. The third-order valence-electron chi connectivity index (χ3n) is 6.78. The molecule has 4 heteroatoms. The summed E-state index contributed by atoms with van der Waals surface area (Å²) in [5, 5.41) is 5.37. The van der Waals surface area contributed by atoms with Crippen LogP contribution in [0.3, 0.4) is 0 Å². The first-order chi connectivity index (χ1) is 15.3. The monoisotopic (exact) mass is 404 g/mol. The van der Waals surface area contributed by atoms with E-state index in [-0.39, 0.29) is 23.7 Å². The summed E-state index contributed by atoms with van der Waals surface area (Å²) >= 11 is 0. The quantitative estimate of drug-likeness (QED) is 0.474. The Bertz CT molecular complexity index is 1150. The number of benzene rings is 3. The Labute approximate surface area is 180 Å². The number of carbonyl (C=O) groups excluding carboxylic acids is 2. The van der Waals surface area contributed by atoms with Crippen LogP contribution in [-0.4, -0.2) is 23.0 Å². The Balaban J connectivity index is 1.37. The molecule has 4 aliphatic rings. The van der Waals surface area contributed by atoms with Crippen LogP contribution in [0.5, 0.6) is 0 Å². The molecule has 0 radical (unpaired) electrons. The summed E-state index contributed by atoms with van der Waals surface area (Å²) in [5.41, 5.74) is 5.71. The minimum absolute atomic E-state index is 0.0982. The first kappa shape index (κ1) is 18.0. The van der Waals surface area contributed by atoms with Crippen LogP contribution in [0, 0.1) is 11.8 Å². The van der Waals surface area contributed by atoms with Gasteiger partial charge in [0.25, 0.3) is 11.8 Å². The van der Waals surface area contributed by atoms with Crippen LogP contribution in [0.4, 0.5) is 0 Å². The summed E-state index contributed by atoms with van der Waals surface area (Å²) in [7, 11) is 0. The van der Waals surface area contributed by atoms with E-state index in [1.54, 1.807) is 6.08 Å². The number of rotatable bonds is 3. The fourth-order valence-corrected chi connectivity index (χ4v) is 5.60. The van der Waals surface area contributed by atoms with E-state index < -0.39 is 11.8 Å². The molecule has 2 atom stereocenters. The zero-order valence-corrected chi connectivity index (χ0v) is 16.8. The third-order valence-corrected chi connectivity index (χ3v) is 6.78. The van der Waals surface area contributed by atoms with Crippen molar-refractivity contribution in [2.75, 3.05) is 0 Å². The summed E-state index contributed by atoms with van der Waals surface area (Å²) in [5.74, 6) is -1.37. The second-order valence-corrected chi connectivity index (χ2v) is 8.29. The summed E-state index contributed by atoms with van der Waals surface area (Å²) in [6.07, 6.45) is 5.19. The standard InChI is InChI=1S/C27H20N2O2/c30-26-24-22-18-12-4-5-13-19(18)23(21-15-7-6-14-20(21)22)25(24)27(31)29(26)28-16-8-11-17-9-2-1-3-10-17/h1-16,22-25H/b11-8+,28-16-/t22?,23?,24-,25+. The van der Waals surface area contributed by atoms with Crippen LogP contribution in [0.1, 0.15) is 39.7 Å². The number of amides is 2. The highest BCUT2D eigenvalue weighted by atomic mass is 16.2. The molecule has 0 spiro atoms. The van der Waals surface area contributed by atoms with E-state index >= 15 is 0 Å². The highest BCUT2D eigenvalue weighted by molar-refractivity contribution is 6.08. The molecule has 1 fully saturated rings.